The molecule has 0 unspecified atom stereocenters. The van der Waals surface area contributed by atoms with E-state index in [1.165, 1.54) is 24.3 Å². The Bertz CT molecular complexity index is 2630. The van der Waals surface area contributed by atoms with Gasteiger partial charge in [0.1, 0.15) is 5.75 Å². The quantitative estimate of drug-likeness (QED) is 0.0814. The van der Waals surface area contributed by atoms with Gasteiger partial charge in [-0.2, -0.15) is 21.4 Å². The van der Waals surface area contributed by atoms with Crippen LogP contribution in [0.3, 0.4) is 0 Å². The Hall–Kier alpha value is -3.79. The molecule has 0 atom stereocenters. The van der Waals surface area contributed by atoms with Gasteiger partial charge in [-0.25, -0.2) is 0 Å². The summed E-state index contributed by atoms with van der Waals surface area (Å²) in [5.74, 6) is -1.16. The summed E-state index contributed by atoms with van der Waals surface area (Å²) in [6.45, 7) is 7.26. The van der Waals surface area contributed by atoms with E-state index in [-0.39, 0.29) is 23.7 Å². The van der Waals surface area contributed by atoms with Crippen LogP contribution in [0.5, 0.6) is 0 Å². The van der Waals surface area contributed by atoms with Crippen LogP contribution in [-0.4, -0.2) is 80.4 Å². The Morgan fingerprint density at radius 1 is 0.737 bits per heavy atom. The molecular formula is C39H45N2O12P2S2+. The molecule has 0 aromatic heterocycles. The lowest BCUT2D eigenvalue weighted by Crippen LogP contribution is -2.30. The summed E-state index contributed by atoms with van der Waals surface area (Å²) in [7, 11) is -17.9. The van der Waals surface area contributed by atoms with Gasteiger partial charge >= 0.3 is 15.2 Å². The lowest BCUT2D eigenvalue weighted by atomic mass is 9.81. The van der Waals surface area contributed by atoms with Crippen LogP contribution in [0.4, 0.5) is 11.4 Å². The zero-order valence-corrected chi connectivity index (χ0v) is 35.1. The number of allylic oxidation sites excluding steroid dienone is 8. The molecule has 0 saturated carbocycles. The molecule has 6 rings (SSSR count). The van der Waals surface area contributed by atoms with Crippen molar-refractivity contribution in [1.82, 2.24) is 0 Å². The van der Waals surface area contributed by atoms with Crippen molar-refractivity contribution in [2.45, 2.75) is 51.4 Å². The highest BCUT2D eigenvalue weighted by Crippen LogP contribution is 2.50. The van der Waals surface area contributed by atoms with E-state index in [1.54, 1.807) is 21.6 Å². The number of hydrogen-bond acceptors (Lipinski definition) is 7. The Kier molecular flexibility index (Phi) is 11.3. The largest absolute Gasteiger partial charge is 0.356 e. The topological polar surface area (TPSA) is 230 Å². The van der Waals surface area contributed by atoms with Crippen molar-refractivity contribution >= 4 is 68.7 Å². The lowest BCUT2D eigenvalue weighted by Gasteiger charge is -2.26. The highest BCUT2D eigenvalue weighted by atomic mass is 32.2. The molecule has 3 aliphatic rings. The van der Waals surface area contributed by atoms with E-state index in [9.17, 15) is 54.6 Å². The molecule has 14 nitrogen and oxygen atoms in total. The molecule has 0 saturated heterocycles. The van der Waals surface area contributed by atoms with Gasteiger partial charge in [0.2, 0.25) is 5.69 Å². The zero-order chi connectivity index (χ0) is 41.9. The molecule has 18 heteroatoms. The second kappa shape index (κ2) is 15.1. The van der Waals surface area contributed by atoms with Crippen molar-refractivity contribution in [1.29, 1.82) is 0 Å². The molecule has 0 radical (unpaired) electrons. The van der Waals surface area contributed by atoms with Crippen molar-refractivity contribution < 1.29 is 59.2 Å². The van der Waals surface area contributed by atoms with Crippen LogP contribution < -0.4 is 15.5 Å². The minimum absolute atomic E-state index is 0.116. The monoisotopic (exact) mass is 859 g/mol. The van der Waals surface area contributed by atoms with Crippen molar-refractivity contribution in [2.75, 3.05) is 29.5 Å². The lowest BCUT2D eigenvalue weighted by molar-refractivity contribution is -0.432. The summed E-state index contributed by atoms with van der Waals surface area (Å²) in [6.07, 6.45) is 8.83. The average molecular weight is 860 g/mol. The molecule has 0 amide bonds. The van der Waals surface area contributed by atoms with Crippen LogP contribution in [0.2, 0.25) is 0 Å². The maximum absolute atomic E-state index is 12.2. The molecule has 0 spiro atoms. The second-order valence-electron chi connectivity index (χ2n) is 15.3. The van der Waals surface area contributed by atoms with Gasteiger partial charge in [0.25, 0.3) is 20.2 Å². The smallest absolute Gasteiger partial charge is 0.343 e. The molecule has 57 heavy (non-hydrogen) atoms. The summed E-state index contributed by atoms with van der Waals surface area (Å²) in [5.41, 5.74) is 5.64. The first-order valence-corrected chi connectivity index (χ1v) is 24.4. The van der Waals surface area contributed by atoms with E-state index in [1.807, 2.05) is 82.3 Å². The molecule has 3 aromatic rings. The van der Waals surface area contributed by atoms with Gasteiger partial charge in [0.15, 0.2) is 12.3 Å². The van der Waals surface area contributed by atoms with Gasteiger partial charge in [0.05, 0.1) is 21.8 Å². The van der Waals surface area contributed by atoms with E-state index in [4.69, 9.17) is 0 Å². The molecule has 2 aliphatic heterocycles. The first-order valence-electron chi connectivity index (χ1n) is 17.9. The fourth-order valence-corrected chi connectivity index (χ4v) is 9.94. The molecule has 0 fully saturated rings. The Morgan fingerprint density at radius 2 is 1.33 bits per heavy atom. The summed E-state index contributed by atoms with van der Waals surface area (Å²) in [5, 5.41) is -0.342. The third kappa shape index (κ3) is 8.96. The highest BCUT2D eigenvalue weighted by molar-refractivity contribution is 7.86. The zero-order valence-electron chi connectivity index (χ0n) is 31.6. The first kappa shape index (κ1) is 42.8. The van der Waals surface area contributed by atoms with E-state index in [0.717, 1.165) is 22.3 Å². The van der Waals surface area contributed by atoms with Crippen molar-refractivity contribution in [3.63, 3.8) is 0 Å². The standard InChI is InChI=1S/C39H44N2O12P2S2/c1-38(2)31-24-29(54(42,43)44)14-16-33(31)40(20-22-56(48,49)50)35(38)18-12-27-10-11-28(37(27)26-8-6-5-7-9-26)13-19-36-39(3,4)32-25-30(55(45,46)47)15-17-34(32)41(36)21-23-57(51,52)53/h5-9,12-19,24-25H,10-11,20-23H2,1-4H3,(H5-,42,43,44,45,46,47,48,49,50,51,52,53)/p+1. The minimum atomic E-state index is -4.61. The number of benzene rings is 3. The molecule has 6 N–H and O–H groups in total. The van der Waals surface area contributed by atoms with Crippen LogP contribution in [0, 0.1) is 0 Å². The predicted molar refractivity (Wildman–Crippen MR) is 220 cm³/mol. The van der Waals surface area contributed by atoms with Gasteiger partial charge in [-0.05, 0) is 90.9 Å². The predicted octanol–water partition coefficient (Wildman–Crippen LogP) is 4.86. The number of anilines is 1. The van der Waals surface area contributed by atoms with Gasteiger partial charge in [-0.1, -0.05) is 56.3 Å². The molecule has 1 aliphatic carbocycles. The minimum Gasteiger partial charge on any atom is -0.343 e. The van der Waals surface area contributed by atoms with E-state index in [2.05, 4.69) is 0 Å². The van der Waals surface area contributed by atoms with Crippen LogP contribution >= 0.6 is 15.2 Å². The van der Waals surface area contributed by atoms with Gasteiger partial charge < -0.3 is 24.5 Å². The molecular weight excluding hydrogens is 815 g/mol. The molecule has 3 aromatic carbocycles. The number of hydrogen-bond donors (Lipinski definition) is 6. The second-order valence-corrected chi connectivity index (χ2v) is 21.7. The molecule has 2 heterocycles. The van der Waals surface area contributed by atoms with Crippen molar-refractivity contribution in [3.8, 4) is 0 Å². The fraction of sp³-hybridized carbons (Fsp3) is 0.308. The third-order valence-corrected chi connectivity index (χ3v) is 14.1. The van der Waals surface area contributed by atoms with Crippen LogP contribution in [0.1, 0.15) is 57.2 Å². The van der Waals surface area contributed by atoms with Gasteiger partial charge in [0, 0.05) is 41.1 Å². The number of nitrogens with zero attached hydrogens (tertiary/aromatic N) is 2. The van der Waals surface area contributed by atoms with E-state index in [0.29, 0.717) is 46.8 Å². The Morgan fingerprint density at radius 3 is 1.93 bits per heavy atom. The van der Waals surface area contributed by atoms with Gasteiger partial charge in [-0.3, -0.25) is 18.2 Å². The average Bonchev–Trinajstić information content (AvgIpc) is 3.67. The summed E-state index contributed by atoms with van der Waals surface area (Å²) >= 11 is 0. The highest BCUT2D eigenvalue weighted by Gasteiger charge is 2.46. The van der Waals surface area contributed by atoms with Crippen LogP contribution in [0.25, 0.3) is 5.57 Å². The number of fused-ring (bicyclic) bond motifs is 2. The summed E-state index contributed by atoms with van der Waals surface area (Å²) in [4.78, 5) is 41.4. The van der Waals surface area contributed by atoms with Crippen molar-refractivity contribution in [3.05, 3.63) is 125 Å². The maximum Gasteiger partial charge on any atom is 0.356 e. The SMILES string of the molecule is CC1(C)C(/C=C/C2=C(c3ccccc3)C(=C\C=C3/N(CCS(=O)(=O)O)c4ccc(P(=O)(O)O)cc4C3(C)C)/CC2)=[N+](CCS(=O)(=O)O)c2ccc(P(=O)(O)O)cc21. The first-order chi connectivity index (χ1) is 26.3. The van der Waals surface area contributed by atoms with Crippen molar-refractivity contribution in [2.24, 2.45) is 0 Å². The molecule has 0 bridgehead atoms. The van der Waals surface area contributed by atoms with E-state index >= 15 is 0 Å². The fourth-order valence-electron chi connectivity index (χ4n) is 7.98. The summed E-state index contributed by atoms with van der Waals surface area (Å²) < 4.78 is 93.0. The maximum atomic E-state index is 12.2. The Labute approximate surface area is 332 Å². The van der Waals surface area contributed by atoms with Crippen LogP contribution in [-0.2, 0) is 40.2 Å². The Balaban J connectivity index is 1.47. The normalized spacial score (nSPS) is 19.7. The van der Waals surface area contributed by atoms with E-state index < -0.39 is 57.8 Å². The number of rotatable bonds is 12. The summed E-state index contributed by atoms with van der Waals surface area (Å²) in [6, 6.07) is 18.2. The third-order valence-electron chi connectivity index (χ3n) is 10.8. The van der Waals surface area contributed by atoms with Gasteiger partial charge in [-0.15, -0.1) is 0 Å². The molecule has 304 valence electrons. The van der Waals surface area contributed by atoms with Crippen LogP contribution in [0.15, 0.2) is 108 Å².